The average molecular weight is 547 g/mol. The van der Waals surface area contributed by atoms with Crippen LogP contribution in [0.5, 0.6) is 0 Å². The number of benzene rings is 1. The summed E-state index contributed by atoms with van der Waals surface area (Å²) in [4.78, 5) is 21.3. The third kappa shape index (κ3) is 6.91. The fourth-order valence-electron chi connectivity index (χ4n) is 4.52. The van der Waals surface area contributed by atoms with Gasteiger partial charge in [0.15, 0.2) is 0 Å². The molecule has 0 radical (unpaired) electrons. The summed E-state index contributed by atoms with van der Waals surface area (Å²) in [6.07, 6.45) is -7.77. The molecule has 2 aliphatic rings. The summed E-state index contributed by atoms with van der Waals surface area (Å²) in [6, 6.07) is 5.12. The highest BCUT2D eigenvalue weighted by Gasteiger charge is 2.37. The molecule has 8 nitrogen and oxygen atoms in total. The number of rotatable bonds is 6. The van der Waals surface area contributed by atoms with Gasteiger partial charge in [-0.15, -0.1) is 0 Å². The van der Waals surface area contributed by atoms with Gasteiger partial charge in [-0.1, -0.05) is 6.07 Å². The number of hydrogen-bond donors (Lipinski definition) is 2. The second-order valence-corrected chi connectivity index (χ2v) is 9.14. The van der Waals surface area contributed by atoms with Crippen molar-refractivity contribution in [2.24, 2.45) is 0 Å². The number of hydrogen-bond acceptors (Lipinski definition) is 7. The van der Waals surface area contributed by atoms with Crippen LogP contribution in [0.3, 0.4) is 0 Å². The Labute approximate surface area is 214 Å². The quantitative estimate of drug-likeness (QED) is 0.523. The van der Waals surface area contributed by atoms with Crippen LogP contribution in [0.4, 0.5) is 37.8 Å². The smallest absolute Gasteiger partial charge is 0.379 e. The Morgan fingerprint density at radius 3 is 2.45 bits per heavy atom. The van der Waals surface area contributed by atoms with Crippen LogP contribution in [-0.2, 0) is 21.8 Å². The molecule has 2 atom stereocenters. The Hall–Kier alpha value is -2.97. The number of alkyl halides is 6. The van der Waals surface area contributed by atoms with E-state index in [1.54, 1.807) is 7.11 Å². The van der Waals surface area contributed by atoms with E-state index in [2.05, 4.69) is 20.6 Å². The van der Waals surface area contributed by atoms with Gasteiger partial charge in [0.2, 0.25) is 5.82 Å². The van der Waals surface area contributed by atoms with Crippen LogP contribution < -0.4 is 10.6 Å². The molecule has 208 valence electrons. The molecule has 4 rings (SSSR count). The van der Waals surface area contributed by atoms with Crippen molar-refractivity contribution in [3.8, 4) is 0 Å². The van der Waals surface area contributed by atoms with Crippen molar-refractivity contribution in [2.75, 3.05) is 38.7 Å². The van der Waals surface area contributed by atoms with Crippen LogP contribution in [0.25, 0.3) is 0 Å². The molecule has 3 heterocycles. The van der Waals surface area contributed by atoms with Crippen molar-refractivity contribution in [1.29, 1.82) is 0 Å². The first-order valence-corrected chi connectivity index (χ1v) is 12.0. The van der Waals surface area contributed by atoms with Gasteiger partial charge >= 0.3 is 12.4 Å². The molecule has 1 amide bonds. The molecule has 2 aliphatic heterocycles. The number of aromatic nitrogens is 2. The van der Waals surface area contributed by atoms with Crippen LogP contribution in [-0.4, -0.2) is 72.4 Å². The predicted molar refractivity (Wildman–Crippen MR) is 124 cm³/mol. The van der Waals surface area contributed by atoms with Gasteiger partial charge in [-0.25, -0.2) is 9.97 Å². The van der Waals surface area contributed by atoms with Gasteiger partial charge in [0.25, 0.3) is 5.91 Å². The second kappa shape index (κ2) is 11.4. The monoisotopic (exact) mass is 547 g/mol. The van der Waals surface area contributed by atoms with E-state index in [1.807, 2.05) is 0 Å². The normalized spacial score (nSPS) is 21.4. The van der Waals surface area contributed by atoms with Crippen LogP contribution in [0.2, 0.25) is 0 Å². The summed E-state index contributed by atoms with van der Waals surface area (Å²) in [6.45, 7) is 1.68. The number of nitrogens with one attached hydrogen (secondary N) is 2. The molecular formula is C24H27F6N5O3. The van der Waals surface area contributed by atoms with Crippen LogP contribution in [0.15, 0.2) is 30.3 Å². The van der Waals surface area contributed by atoms with E-state index in [0.29, 0.717) is 39.1 Å². The molecule has 2 fully saturated rings. The number of likely N-dealkylation sites (tertiary alicyclic amines) is 1. The highest BCUT2D eigenvalue weighted by molar-refractivity contribution is 5.93. The number of piperidine rings is 1. The minimum absolute atomic E-state index is 0.0898. The molecule has 38 heavy (non-hydrogen) atoms. The third-order valence-electron chi connectivity index (χ3n) is 6.50. The molecule has 0 aliphatic carbocycles. The number of carbonyl (C=O) groups excluding carboxylic acids is 1. The van der Waals surface area contributed by atoms with Gasteiger partial charge in [0.05, 0.1) is 18.3 Å². The average Bonchev–Trinajstić information content (AvgIpc) is 2.88. The SMILES string of the molecule is CO[C@H]1COCC[C@H]1NC1CCN(C(=O)c2cc(Nc3cccc(C(F)(F)F)c3)nc(C(F)(F)F)n2)CC1. The standard InChI is InChI=1S/C24H27F6N5O3/c1-37-19-13-38-10-7-17(19)31-15-5-8-35(9-6-15)21(36)18-12-20(34-22(33-18)24(28,29)30)32-16-4-2-3-14(11-16)23(25,26)27/h2-4,11-12,15,17,19,31H,5-10,13H2,1H3,(H,32,33,34)/t17-,19+/m1/s1. The molecule has 2 N–H and O–H groups in total. The van der Waals surface area contributed by atoms with Crippen molar-refractivity contribution < 1.29 is 40.6 Å². The van der Waals surface area contributed by atoms with Gasteiger partial charge in [-0.05, 0) is 37.5 Å². The van der Waals surface area contributed by atoms with Gasteiger partial charge in [-0.2, -0.15) is 26.3 Å². The first-order valence-electron chi connectivity index (χ1n) is 12.0. The van der Waals surface area contributed by atoms with E-state index in [-0.39, 0.29) is 23.9 Å². The van der Waals surface area contributed by atoms with Crippen LogP contribution in [0, 0.1) is 0 Å². The Morgan fingerprint density at radius 2 is 1.79 bits per heavy atom. The summed E-state index contributed by atoms with van der Waals surface area (Å²) in [5, 5.41) is 5.97. The molecular weight excluding hydrogens is 520 g/mol. The van der Waals surface area contributed by atoms with Gasteiger partial charge in [-0.3, -0.25) is 4.79 Å². The molecule has 0 bridgehead atoms. The summed E-state index contributed by atoms with van der Waals surface area (Å²) in [5.74, 6) is -2.74. The molecule has 0 spiro atoms. The van der Waals surface area contributed by atoms with Gasteiger partial charge in [0.1, 0.15) is 11.5 Å². The van der Waals surface area contributed by atoms with E-state index in [0.717, 1.165) is 30.7 Å². The molecule has 1 aromatic heterocycles. The fraction of sp³-hybridized carbons (Fsp3) is 0.542. The number of amides is 1. The van der Waals surface area contributed by atoms with Crippen LogP contribution >= 0.6 is 0 Å². The summed E-state index contributed by atoms with van der Waals surface area (Å²) < 4.78 is 90.5. The Morgan fingerprint density at radius 1 is 1.05 bits per heavy atom. The number of anilines is 2. The van der Waals surface area contributed by atoms with Crippen molar-refractivity contribution in [3.63, 3.8) is 0 Å². The van der Waals surface area contributed by atoms with Gasteiger partial charge < -0.3 is 25.0 Å². The maximum Gasteiger partial charge on any atom is 0.451 e. The van der Waals surface area contributed by atoms with Crippen LogP contribution in [0.1, 0.15) is 41.1 Å². The second-order valence-electron chi connectivity index (χ2n) is 9.14. The Bertz CT molecular complexity index is 1120. The Balaban J connectivity index is 1.47. The molecule has 0 unspecified atom stereocenters. The predicted octanol–water partition coefficient (Wildman–Crippen LogP) is 4.26. The lowest BCUT2D eigenvalue weighted by atomic mass is 9.99. The lowest BCUT2D eigenvalue weighted by molar-refractivity contribution is -0.145. The zero-order valence-corrected chi connectivity index (χ0v) is 20.4. The number of methoxy groups -OCH3 is 1. The lowest BCUT2D eigenvalue weighted by Crippen LogP contribution is -2.54. The number of nitrogens with zero attached hydrogens (tertiary/aromatic N) is 3. The van der Waals surface area contributed by atoms with Crippen molar-refractivity contribution in [1.82, 2.24) is 20.2 Å². The molecule has 2 saturated heterocycles. The first kappa shape index (κ1) is 28.0. The Kier molecular flexibility index (Phi) is 8.43. The lowest BCUT2D eigenvalue weighted by Gasteiger charge is -2.38. The number of ether oxygens (including phenoxy) is 2. The van der Waals surface area contributed by atoms with Crippen molar-refractivity contribution in [3.05, 3.63) is 47.4 Å². The topological polar surface area (TPSA) is 88.6 Å². The highest BCUT2D eigenvalue weighted by atomic mass is 19.4. The third-order valence-corrected chi connectivity index (χ3v) is 6.50. The largest absolute Gasteiger partial charge is 0.451 e. The minimum Gasteiger partial charge on any atom is -0.379 e. The van der Waals surface area contributed by atoms with E-state index in [4.69, 9.17) is 9.47 Å². The fourth-order valence-corrected chi connectivity index (χ4v) is 4.52. The molecule has 14 heteroatoms. The maximum absolute atomic E-state index is 13.5. The number of halogens is 6. The molecule has 1 aromatic carbocycles. The van der Waals surface area contributed by atoms with E-state index >= 15 is 0 Å². The zero-order chi connectivity index (χ0) is 27.5. The van der Waals surface area contributed by atoms with E-state index < -0.39 is 41.2 Å². The summed E-state index contributed by atoms with van der Waals surface area (Å²) in [7, 11) is 1.61. The molecule has 2 aromatic rings. The van der Waals surface area contributed by atoms with Crippen molar-refractivity contribution >= 4 is 17.4 Å². The molecule has 0 saturated carbocycles. The van der Waals surface area contributed by atoms with Gasteiger partial charge in [0, 0.05) is 50.6 Å². The number of carbonyl (C=O) groups is 1. The van der Waals surface area contributed by atoms with E-state index in [9.17, 15) is 31.1 Å². The first-order chi connectivity index (χ1) is 17.9. The summed E-state index contributed by atoms with van der Waals surface area (Å²) in [5.41, 5.74) is -1.63. The zero-order valence-electron chi connectivity index (χ0n) is 20.4. The summed E-state index contributed by atoms with van der Waals surface area (Å²) >= 11 is 0. The highest BCUT2D eigenvalue weighted by Crippen LogP contribution is 2.32. The van der Waals surface area contributed by atoms with Crippen molar-refractivity contribution in [2.45, 2.75) is 49.8 Å². The minimum atomic E-state index is -4.97. The van der Waals surface area contributed by atoms with E-state index in [1.165, 1.54) is 11.0 Å². The maximum atomic E-state index is 13.5.